The Labute approximate surface area is 256 Å². The van der Waals surface area contributed by atoms with Crippen LogP contribution in [-0.4, -0.2) is 75.2 Å². The number of nitro groups is 2. The molecule has 0 fully saturated rings. The maximum atomic E-state index is 12.4. The standard InChI is InChI=1S/C24H26N12O6S2/c25-21(23(37)27-9-15-11-33(31-29-15)17-1-5-19(6-2-17)35(39)40)13-43-44-14-22(26)24(38)28-10-16-12-34(32-30-16)18-3-7-20(8-4-18)36(41)42/h1-8,11-12,21-22H,9-10,13-14,25-26H2,(H,27,37)(H,28,38)/t21-,22-/m0/s1. The molecular formula is C24H26N12O6S2. The molecule has 44 heavy (non-hydrogen) atoms. The molecule has 2 aromatic heterocycles. The minimum absolute atomic E-state index is 0.0434. The van der Waals surface area contributed by atoms with Crippen LogP contribution in [0.4, 0.5) is 11.4 Å². The lowest BCUT2D eigenvalue weighted by atomic mass is 10.3. The van der Waals surface area contributed by atoms with Crippen molar-refractivity contribution >= 4 is 44.8 Å². The molecule has 2 heterocycles. The van der Waals surface area contributed by atoms with E-state index in [1.807, 2.05) is 0 Å². The first-order valence-corrected chi connectivity index (χ1v) is 15.2. The van der Waals surface area contributed by atoms with Gasteiger partial charge >= 0.3 is 0 Å². The van der Waals surface area contributed by atoms with E-state index in [1.165, 1.54) is 79.5 Å². The summed E-state index contributed by atoms with van der Waals surface area (Å²) in [4.78, 5) is 45.4. The molecule has 0 aliphatic heterocycles. The zero-order valence-electron chi connectivity index (χ0n) is 22.8. The molecule has 0 bridgehead atoms. The van der Waals surface area contributed by atoms with Crippen molar-refractivity contribution in [2.24, 2.45) is 11.5 Å². The zero-order valence-corrected chi connectivity index (χ0v) is 24.4. The topological polar surface area (TPSA) is 258 Å². The Morgan fingerprint density at radius 1 is 0.727 bits per heavy atom. The quantitative estimate of drug-likeness (QED) is 0.0600. The Morgan fingerprint density at radius 3 is 1.43 bits per heavy atom. The maximum absolute atomic E-state index is 12.4. The summed E-state index contributed by atoms with van der Waals surface area (Å²) in [6.07, 6.45) is 3.18. The molecule has 4 aromatic rings. The van der Waals surface area contributed by atoms with Gasteiger partial charge in [-0.3, -0.25) is 29.8 Å². The fourth-order valence-electron chi connectivity index (χ4n) is 3.48. The van der Waals surface area contributed by atoms with Gasteiger partial charge in [0.1, 0.15) is 11.4 Å². The average molecular weight is 643 g/mol. The normalized spacial score (nSPS) is 12.3. The summed E-state index contributed by atoms with van der Waals surface area (Å²) >= 11 is 0. The highest BCUT2D eigenvalue weighted by atomic mass is 33.1. The summed E-state index contributed by atoms with van der Waals surface area (Å²) in [6.45, 7) is 0.175. The van der Waals surface area contributed by atoms with Crippen molar-refractivity contribution in [3.63, 3.8) is 0 Å². The third-order valence-electron chi connectivity index (χ3n) is 5.87. The van der Waals surface area contributed by atoms with Crippen LogP contribution in [0.1, 0.15) is 11.4 Å². The molecule has 230 valence electrons. The number of carbonyl (C=O) groups is 2. The fourth-order valence-corrected chi connectivity index (χ4v) is 5.72. The summed E-state index contributed by atoms with van der Waals surface area (Å²) in [5.41, 5.74) is 13.9. The van der Waals surface area contributed by atoms with Crippen LogP contribution in [0.15, 0.2) is 60.9 Å². The van der Waals surface area contributed by atoms with Gasteiger partial charge in [0.2, 0.25) is 11.8 Å². The summed E-state index contributed by atoms with van der Waals surface area (Å²) in [7, 11) is 2.61. The van der Waals surface area contributed by atoms with Gasteiger partial charge in [-0.15, -0.1) is 10.2 Å². The second kappa shape index (κ2) is 15.0. The summed E-state index contributed by atoms with van der Waals surface area (Å²) in [5, 5.41) is 42.9. The number of carbonyl (C=O) groups excluding carboxylic acids is 2. The molecular weight excluding hydrogens is 616 g/mol. The second-order valence-electron chi connectivity index (χ2n) is 9.07. The van der Waals surface area contributed by atoms with E-state index >= 15 is 0 Å². The van der Waals surface area contributed by atoms with Crippen LogP contribution in [0.25, 0.3) is 11.4 Å². The first-order chi connectivity index (χ1) is 21.1. The Bertz CT molecular complexity index is 1490. The number of nitrogens with one attached hydrogen (secondary N) is 2. The van der Waals surface area contributed by atoms with Gasteiger partial charge in [-0.2, -0.15) is 0 Å². The molecule has 20 heteroatoms. The van der Waals surface area contributed by atoms with Gasteiger partial charge in [-0.25, -0.2) is 9.36 Å². The number of hydrogen-bond acceptors (Lipinski definition) is 14. The Morgan fingerprint density at radius 2 is 1.09 bits per heavy atom. The predicted molar refractivity (Wildman–Crippen MR) is 161 cm³/mol. The van der Waals surface area contributed by atoms with Crippen LogP contribution in [0.2, 0.25) is 0 Å². The number of nitrogens with two attached hydrogens (primary N) is 2. The van der Waals surface area contributed by atoms with E-state index in [0.29, 0.717) is 22.8 Å². The van der Waals surface area contributed by atoms with Crippen LogP contribution < -0.4 is 22.1 Å². The highest BCUT2D eigenvalue weighted by Crippen LogP contribution is 2.22. The van der Waals surface area contributed by atoms with Gasteiger partial charge in [0.25, 0.3) is 11.4 Å². The first kappa shape index (κ1) is 32.0. The smallest absolute Gasteiger partial charge is 0.269 e. The summed E-state index contributed by atoms with van der Waals surface area (Å²) in [5.74, 6) is -0.253. The number of rotatable bonds is 15. The second-order valence-corrected chi connectivity index (χ2v) is 11.6. The first-order valence-electron chi connectivity index (χ1n) is 12.7. The van der Waals surface area contributed by atoms with Crippen LogP contribution in [0, 0.1) is 20.2 Å². The Hall–Kier alpha value is -4.92. The summed E-state index contributed by atoms with van der Waals surface area (Å²) in [6, 6.07) is 9.92. The average Bonchev–Trinajstić information content (AvgIpc) is 3.71. The maximum Gasteiger partial charge on any atom is 0.269 e. The zero-order chi connectivity index (χ0) is 31.6. The van der Waals surface area contributed by atoms with Crippen molar-refractivity contribution in [3.8, 4) is 11.4 Å². The van der Waals surface area contributed by atoms with Gasteiger partial charge < -0.3 is 22.1 Å². The number of nitrogens with zero attached hydrogens (tertiary/aromatic N) is 8. The third-order valence-corrected chi connectivity index (χ3v) is 8.34. The molecule has 0 saturated heterocycles. The molecule has 0 radical (unpaired) electrons. The number of hydrogen-bond donors (Lipinski definition) is 4. The lowest BCUT2D eigenvalue weighted by Gasteiger charge is -2.13. The van der Waals surface area contributed by atoms with E-state index in [-0.39, 0.29) is 36.0 Å². The van der Waals surface area contributed by atoms with Crippen molar-refractivity contribution in [2.45, 2.75) is 25.2 Å². The van der Waals surface area contributed by atoms with E-state index in [9.17, 15) is 29.8 Å². The SMILES string of the molecule is N[C@@H](CSSC[C@H](N)C(=O)NCc1cn(-c2ccc([N+](=O)[O-])cc2)nn1)C(=O)NCc1cn(-c2ccc([N+](=O)[O-])cc2)nn1. The van der Waals surface area contributed by atoms with Gasteiger partial charge in [-0.1, -0.05) is 32.0 Å². The van der Waals surface area contributed by atoms with E-state index in [0.717, 1.165) is 0 Å². The molecule has 18 nitrogen and oxygen atoms in total. The van der Waals surface area contributed by atoms with E-state index < -0.39 is 33.7 Å². The molecule has 6 N–H and O–H groups in total. The van der Waals surface area contributed by atoms with Crippen molar-refractivity contribution in [2.75, 3.05) is 11.5 Å². The third kappa shape index (κ3) is 8.80. The highest BCUT2D eigenvalue weighted by Gasteiger charge is 2.17. The Balaban J connectivity index is 1.12. The van der Waals surface area contributed by atoms with Gasteiger partial charge in [0, 0.05) is 35.8 Å². The van der Waals surface area contributed by atoms with Crippen molar-refractivity contribution in [3.05, 3.63) is 92.5 Å². The lowest BCUT2D eigenvalue weighted by molar-refractivity contribution is -0.385. The minimum atomic E-state index is -0.819. The minimum Gasteiger partial charge on any atom is -0.349 e. The molecule has 0 saturated carbocycles. The fraction of sp³-hybridized carbons (Fsp3) is 0.250. The molecule has 0 aliphatic rings. The number of nitro benzene ring substituents is 2. The van der Waals surface area contributed by atoms with Gasteiger partial charge in [-0.05, 0) is 24.3 Å². The van der Waals surface area contributed by atoms with E-state index in [1.54, 1.807) is 12.4 Å². The van der Waals surface area contributed by atoms with Gasteiger partial charge in [0.05, 0.1) is 58.8 Å². The molecule has 2 aromatic carbocycles. The van der Waals surface area contributed by atoms with Gasteiger partial charge in [0.15, 0.2) is 0 Å². The van der Waals surface area contributed by atoms with E-state index in [2.05, 4.69) is 31.3 Å². The number of benzene rings is 2. The molecule has 0 aliphatic carbocycles. The summed E-state index contributed by atoms with van der Waals surface area (Å²) < 4.78 is 2.87. The van der Waals surface area contributed by atoms with Crippen LogP contribution in [-0.2, 0) is 22.7 Å². The Kier molecular flexibility index (Phi) is 10.9. The van der Waals surface area contributed by atoms with Crippen molar-refractivity contribution in [1.82, 2.24) is 40.6 Å². The predicted octanol–water partition coefficient (Wildman–Crippen LogP) is 0.633. The largest absolute Gasteiger partial charge is 0.349 e. The monoisotopic (exact) mass is 642 g/mol. The number of aromatic nitrogens is 6. The number of non-ortho nitro benzene ring substituents is 2. The van der Waals surface area contributed by atoms with Crippen molar-refractivity contribution in [1.29, 1.82) is 0 Å². The molecule has 0 unspecified atom stereocenters. The number of amides is 2. The molecule has 0 spiro atoms. The molecule has 2 atom stereocenters. The van der Waals surface area contributed by atoms with Crippen LogP contribution >= 0.6 is 21.6 Å². The van der Waals surface area contributed by atoms with Crippen LogP contribution in [0.5, 0.6) is 0 Å². The van der Waals surface area contributed by atoms with Crippen LogP contribution in [0.3, 0.4) is 0 Å². The molecule has 4 rings (SSSR count). The highest BCUT2D eigenvalue weighted by molar-refractivity contribution is 8.76. The van der Waals surface area contributed by atoms with Crippen molar-refractivity contribution < 1.29 is 19.4 Å². The van der Waals surface area contributed by atoms with E-state index in [4.69, 9.17) is 11.5 Å². The lowest BCUT2D eigenvalue weighted by Crippen LogP contribution is -2.42. The molecule has 2 amide bonds.